The van der Waals surface area contributed by atoms with Crippen LogP contribution >= 0.6 is 48.0 Å². The summed E-state index contributed by atoms with van der Waals surface area (Å²) in [5.41, 5.74) is 4.12. The van der Waals surface area contributed by atoms with Gasteiger partial charge in [-0.15, -0.1) is 48.0 Å². The molecule has 0 aliphatic carbocycles. The van der Waals surface area contributed by atoms with Gasteiger partial charge < -0.3 is 4.90 Å². The van der Waals surface area contributed by atoms with Crippen LogP contribution in [0.3, 0.4) is 0 Å². The average Bonchev–Trinajstić information content (AvgIpc) is 2.24. The second kappa shape index (κ2) is 7.93. The van der Waals surface area contributed by atoms with Crippen LogP contribution in [-0.4, -0.2) is 36.8 Å². The highest BCUT2D eigenvalue weighted by molar-refractivity contribution is 14.0. The largest absolute Gasteiger partial charge is 0.309 e. The smallest absolute Gasteiger partial charge is 0.0596 e. The van der Waals surface area contributed by atoms with Crippen LogP contribution < -0.4 is 0 Å². The van der Waals surface area contributed by atoms with E-state index in [2.05, 4.69) is 57.1 Å². The minimum atomic E-state index is 0. The van der Waals surface area contributed by atoms with Crippen LogP contribution in [0, 0.1) is 0 Å². The highest BCUT2D eigenvalue weighted by atomic mass is 127. The molecule has 0 unspecified atom stereocenters. The van der Waals surface area contributed by atoms with Gasteiger partial charge >= 0.3 is 0 Å². The minimum absolute atomic E-state index is 0. The SMILES string of the molecule is CN(C)CCC1=NC(C)(C)Cc2ccccc21.I.I. The quantitative estimate of drug-likeness (QED) is 0.591. The topological polar surface area (TPSA) is 15.6 Å². The van der Waals surface area contributed by atoms with Gasteiger partial charge in [-0.3, -0.25) is 4.99 Å². The van der Waals surface area contributed by atoms with Gasteiger partial charge in [-0.25, -0.2) is 0 Å². The van der Waals surface area contributed by atoms with E-state index in [4.69, 9.17) is 4.99 Å². The molecule has 108 valence electrons. The lowest BCUT2D eigenvalue weighted by Gasteiger charge is -2.29. The van der Waals surface area contributed by atoms with Crippen molar-refractivity contribution in [3.05, 3.63) is 35.4 Å². The number of fused-ring (bicyclic) bond motifs is 1. The van der Waals surface area contributed by atoms with Gasteiger partial charge in [-0.2, -0.15) is 0 Å². The molecule has 0 radical (unpaired) electrons. The van der Waals surface area contributed by atoms with Crippen LogP contribution in [-0.2, 0) is 6.42 Å². The number of halogens is 2. The number of rotatable bonds is 3. The maximum Gasteiger partial charge on any atom is 0.0596 e. The first-order valence-corrected chi connectivity index (χ1v) is 6.30. The van der Waals surface area contributed by atoms with E-state index in [1.165, 1.54) is 16.8 Å². The van der Waals surface area contributed by atoms with E-state index in [0.29, 0.717) is 0 Å². The molecule has 0 saturated heterocycles. The van der Waals surface area contributed by atoms with Crippen molar-refractivity contribution in [2.24, 2.45) is 4.99 Å². The zero-order valence-corrected chi connectivity index (χ0v) is 16.8. The van der Waals surface area contributed by atoms with Crippen LogP contribution in [0.4, 0.5) is 0 Å². The monoisotopic (exact) mass is 486 g/mol. The van der Waals surface area contributed by atoms with Gasteiger partial charge in [0, 0.05) is 18.7 Å². The summed E-state index contributed by atoms with van der Waals surface area (Å²) in [5, 5.41) is 0. The number of hydrogen-bond acceptors (Lipinski definition) is 2. The Morgan fingerprint density at radius 1 is 1.16 bits per heavy atom. The fraction of sp³-hybridized carbons (Fsp3) is 0.533. The molecule has 1 heterocycles. The molecule has 0 aromatic heterocycles. The third-order valence-electron chi connectivity index (χ3n) is 3.18. The van der Waals surface area contributed by atoms with E-state index >= 15 is 0 Å². The van der Waals surface area contributed by atoms with Crippen LogP contribution in [0.25, 0.3) is 0 Å². The van der Waals surface area contributed by atoms with E-state index in [9.17, 15) is 0 Å². The molecular formula is C15H24I2N2. The third kappa shape index (κ3) is 5.30. The normalized spacial score (nSPS) is 15.9. The lowest BCUT2D eigenvalue weighted by molar-refractivity contribution is 0.419. The summed E-state index contributed by atoms with van der Waals surface area (Å²) >= 11 is 0. The summed E-state index contributed by atoms with van der Waals surface area (Å²) in [6.45, 7) is 5.50. The number of benzene rings is 1. The van der Waals surface area contributed by atoms with Crippen molar-refractivity contribution in [3.8, 4) is 0 Å². The average molecular weight is 486 g/mol. The minimum Gasteiger partial charge on any atom is -0.309 e. The summed E-state index contributed by atoms with van der Waals surface area (Å²) in [7, 11) is 4.22. The Kier molecular flexibility index (Phi) is 8.06. The molecule has 4 heteroatoms. The zero-order chi connectivity index (χ0) is 12.5. The first kappa shape index (κ1) is 19.3. The highest BCUT2D eigenvalue weighted by Crippen LogP contribution is 2.27. The molecule has 1 aromatic rings. The second-order valence-electron chi connectivity index (χ2n) is 5.76. The highest BCUT2D eigenvalue weighted by Gasteiger charge is 2.25. The van der Waals surface area contributed by atoms with Crippen LogP contribution in [0.1, 0.15) is 31.4 Å². The molecule has 19 heavy (non-hydrogen) atoms. The molecule has 0 fully saturated rings. The summed E-state index contributed by atoms with van der Waals surface area (Å²) in [4.78, 5) is 7.13. The van der Waals surface area contributed by atoms with E-state index in [1.807, 2.05) is 0 Å². The lowest BCUT2D eigenvalue weighted by atomic mass is 9.86. The van der Waals surface area contributed by atoms with E-state index in [-0.39, 0.29) is 53.5 Å². The molecule has 0 saturated carbocycles. The molecular weight excluding hydrogens is 462 g/mol. The van der Waals surface area contributed by atoms with Crippen molar-refractivity contribution in [2.75, 3.05) is 20.6 Å². The van der Waals surface area contributed by atoms with Crippen molar-refractivity contribution >= 4 is 53.7 Å². The van der Waals surface area contributed by atoms with Crippen LogP contribution in [0.5, 0.6) is 0 Å². The number of aliphatic imine (C=N–C) groups is 1. The predicted molar refractivity (Wildman–Crippen MR) is 105 cm³/mol. The molecule has 2 nitrogen and oxygen atoms in total. The van der Waals surface area contributed by atoms with Crippen LogP contribution in [0.15, 0.2) is 29.3 Å². The van der Waals surface area contributed by atoms with E-state index in [0.717, 1.165) is 19.4 Å². The van der Waals surface area contributed by atoms with E-state index in [1.54, 1.807) is 0 Å². The third-order valence-corrected chi connectivity index (χ3v) is 3.18. The number of nitrogens with zero attached hydrogens (tertiary/aromatic N) is 2. The molecule has 0 N–H and O–H groups in total. The Hall–Kier alpha value is 0.310. The standard InChI is InChI=1S/C15H22N2.2HI/c1-15(2)11-12-7-5-6-8-13(12)14(16-15)9-10-17(3)4;;/h5-8H,9-11H2,1-4H3;2*1H. The molecule has 0 bridgehead atoms. The molecule has 0 amide bonds. The summed E-state index contributed by atoms with van der Waals surface area (Å²) in [6.07, 6.45) is 2.09. The van der Waals surface area contributed by atoms with Crippen molar-refractivity contribution in [1.82, 2.24) is 4.90 Å². The maximum absolute atomic E-state index is 4.92. The summed E-state index contributed by atoms with van der Waals surface area (Å²) in [5.74, 6) is 0. The summed E-state index contributed by atoms with van der Waals surface area (Å²) < 4.78 is 0. The van der Waals surface area contributed by atoms with Crippen molar-refractivity contribution in [2.45, 2.75) is 32.2 Å². The van der Waals surface area contributed by atoms with Crippen molar-refractivity contribution in [1.29, 1.82) is 0 Å². The first-order chi connectivity index (χ1) is 7.98. The molecule has 0 atom stereocenters. The van der Waals surface area contributed by atoms with Crippen molar-refractivity contribution < 1.29 is 0 Å². The van der Waals surface area contributed by atoms with Gasteiger partial charge in [0.15, 0.2) is 0 Å². The fourth-order valence-electron chi connectivity index (χ4n) is 2.41. The molecule has 1 aliphatic heterocycles. The Labute approximate surface area is 151 Å². The Bertz CT molecular complexity index is 440. The van der Waals surface area contributed by atoms with Gasteiger partial charge in [0.2, 0.25) is 0 Å². The number of hydrogen-bond donors (Lipinski definition) is 0. The van der Waals surface area contributed by atoms with Gasteiger partial charge in [0.25, 0.3) is 0 Å². The molecule has 2 rings (SSSR count). The zero-order valence-electron chi connectivity index (χ0n) is 12.1. The predicted octanol–water partition coefficient (Wildman–Crippen LogP) is 4.00. The lowest BCUT2D eigenvalue weighted by Crippen LogP contribution is -2.30. The van der Waals surface area contributed by atoms with E-state index < -0.39 is 0 Å². The summed E-state index contributed by atoms with van der Waals surface area (Å²) in [6, 6.07) is 8.69. The fourth-order valence-corrected chi connectivity index (χ4v) is 2.41. The van der Waals surface area contributed by atoms with Gasteiger partial charge in [-0.1, -0.05) is 24.3 Å². The Morgan fingerprint density at radius 2 is 1.79 bits per heavy atom. The maximum atomic E-state index is 4.92. The van der Waals surface area contributed by atoms with Crippen molar-refractivity contribution in [3.63, 3.8) is 0 Å². The molecule has 0 spiro atoms. The van der Waals surface area contributed by atoms with Crippen LogP contribution in [0.2, 0.25) is 0 Å². The first-order valence-electron chi connectivity index (χ1n) is 6.30. The molecule has 1 aromatic carbocycles. The van der Waals surface area contributed by atoms with Gasteiger partial charge in [0.1, 0.15) is 0 Å². The molecule has 1 aliphatic rings. The Morgan fingerprint density at radius 3 is 2.42 bits per heavy atom. The Balaban J connectivity index is 0.00000162. The van der Waals surface area contributed by atoms with Gasteiger partial charge in [-0.05, 0) is 45.5 Å². The van der Waals surface area contributed by atoms with Gasteiger partial charge in [0.05, 0.1) is 5.54 Å². The second-order valence-corrected chi connectivity index (χ2v) is 5.76.